The maximum Gasteiger partial charge on any atom is -0.0209 e. The topological polar surface area (TPSA) is 0 Å². The van der Waals surface area contributed by atoms with Gasteiger partial charge < -0.3 is 0 Å². The molecule has 4 fully saturated rings. The van der Waals surface area contributed by atoms with Crippen molar-refractivity contribution in [1.82, 2.24) is 0 Å². The van der Waals surface area contributed by atoms with E-state index in [0.29, 0.717) is 5.41 Å². The third kappa shape index (κ3) is 0.286. The van der Waals surface area contributed by atoms with Gasteiger partial charge in [-0.3, -0.25) is 0 Å². The number of rotatable bonds is 0. The fraction of sp³-hybridized carbons (Fsp3) is 1.00. The van der Waals surface area contributed by atoms with Crippen molar-refractivity contribution in [3.63, 3.8) is 0 Å². The van der Waals surface area contributed by atoms with Crippen LogP contribution in [-0.2, 0) is 0 Å². The third-order valence-corrected chi connectivity index (χ3v) is 5.40. The Morgan fingerprint density at radius 2 is 1.50 bits per heavy atom. The summed E-state index contributed by atoms with van der Waals surface area (Å²) in [4.78, 5) is 0. The average Bonchev–Trinajstić information content (AvgIpc) is 2.30. The number of hydrogen-bond acceptors (Lipinski definition) is 0. The van der Waals surface area contributed by atoms with Crippen molar-refractivity contribution >= 4 is 0 Å². The summed E-state index contributed by atoms with van der Waals surface area (Å²) < 4.78 is 0. The highest BCUT2D eigenvalue weighted by Gasteiger charge is 2.79. The maximum atomic E-state index is 2.52. The van der Waals surface area contributed by atoms with Gasteiger partial charge in [-0.05, 0) is 41.4 Å². The van der Waals surface area contributed by atoms with Crippen LogP contribution in [0, 0.1) is 28.6 Å². The largest absolute Gasteiger partial charge is 0.0591 e. The molecule has 10 heavy (non-hydrogen) atoms. The molecular weight excluding hydrogens is 120 g/mol. The summed E-state index contributed by atoms with van der Waals surface area (Å²) in [6.45, 7) is 7.50. The summed E-state index contributed by atoms with van der Waals surface area (Å²) in [5.74, 6) is 3.38. The second kappa shape index (κ2) is 1.09. The van der Waals surface area contributed by atoms with E-state index in [0.717, 1.165) is 23.2 Å². The van der Waals surface area contributed by atoms with Crippen molar-refractivity contribution in [2.24, 2.45) is 28.6 Å². The molecule has 0 spiro atoms. The van der Waals surface area contributed by atoms with Gasteiger partial charge in [0.05, 0.1) is 0 Å². The van der Waals surface area contributed by atoms with Crippen LogP contribution in [0.4, 0.5) is 0 Å². The van der Waals surface area contributed by atoms with Crippen LogP contribution < -0.4 is 0 Å². The fourth-order valence-electron chi connectivity index (χ4n) is 4.21. The molecule has 0 nitrogen and oxygen atoms in total. The van der Waals surface area contributed by atoms with E-state index in [4.69, 9.17) is 0 Å². The van der Waals surface area contributed by atoms with Gasteiger partial charge in [-0.15, -0.1) is 0 Å². The van der Waals surface area contributed by atoms with Gasteiger partial charge in [0.15, 0.2) is 0 Å². The van der Waals surface area contributed by atoms with E-state index < -0.39 is 0 Å². The molecule has 0 heterocycles. The summed E-state index contributed by atoms with van der Waals surface area (Å²) in [6, 6.07) is 0. The Labute approximate surface area is 63.0 Å². The minimum Gasteiger partial charge on any atom is -0.0591 e. The van der Waals surface area contributed by atoms with Crippen molar-refractivity contribution in [1.29, 1.82) is 0 Å². The SMILES string of the molecule is CC1(C)C2C[C@@H]3[C@H](C2)C31C. The molecule has 4 rings (SSSR count). The molecule has 4 atom stereocenters. The van der Waals surface area contributed by atoms with E-state index in [1.54, 1.807) is 12.8 Å². The van der Waals surface area contributed by atoms with Gasteiger partial charge in [-0.1, -0.05) is 20.8 Å². The van der Waals surface area contributed by atoms with Crippen LogP contribution >= 0.6 is 0 Å². The van der Waals surface area contributed by atoms with Gasteiger partial charge in [-0.25, -0.2) is 0 Å². The third-order valence-electron chi connectivity index (χ3n) is 5.40. The predicted octanol–water partition coefficient (Wildman–Crippen LogP) is 2.69. The van der Waals surface area contributed by atoms with Crippen molar-refractivity contribution < 1.29 is 0 Å². The molecular formula is C10H16. The van der Waals surface area contributed by atoms with E-state index in [1.165, 1.54) is 0 Å². The standard InChI is InChI=1S/C10H16/c1-9(2)6-4-7-8(5-6)10(7,9)3/h6-8H,4-5H2,1-3H3/t6?,7-,8+,10?. The minimum absolute atomic E-state index is 0.697. The lowest BCUT2D eigenvalue weighted by Crippen LogP contribution is -2.22. The van der Waals surface area contributed by atoms with E-state index in [2.05, 4.69) is 20.8 Å². The molecule has 0 amide bonds. The highest BCUT2D eigenvalue weighted by Crippen LogP contribution is 2.85. The zero-order valence-electron chi connectivity index (χ0n) is 7.15. The van der Waals surface area contributed by atoms with Crippen LogP contribution in [0.3, 0.4) is 0 Å². The molecule has 0 radical (unpaired) electrons. The smallest absolute Gasteiger partial charge is 0.0209 e. The molecule has 0 heteroatoms. The number of hydrogen-bond donors (Lipinski definition) is 0. The van der Waals surface area contributed by atoms with Crippen molar-refractivity contribution in [2.45, 2.75) is 33.6 Å². The molecule has 0 aromatic heterocycles. The van der Waals surface area contributed by atoms with Crippen molar-refractivity contribution in [2.75, 3.05) is 0 Å². The Morgan fingerprint density at radius 3 is 1.60 bits per heavy atom. The molecule has 0 saturated heterocycles. The van der Waals surface area contributed by atoms with Gasteiger partial charge in [-0.2, -0.15) is 0 Å². The molecule has 4 aliphatic rings. The summed E-state index contributed by atoms with van der Waals surface area (Å²) in [5.41, 5.74) is 1.49. The first-order valence-electron chi connectivity index (χ1n) is 4.58. The second-order valence-electron chi connectivity index (χ2n) is 5.39. The molecule has 4 aliphatic carbocycles. The lowest BCUT2D eigenvalue weighted by atomic mass is 9.76. The predicted molar refractivity (Wildman–Crippen MR) is 41.6 cm³/mol. The molecule has 2 unspecified atom stereocenters. The molecule has 56 valence electrons. The first kappa shape index (κ1) is 5.62. The van der Waals surface area contributed by atoms with E-state index >= 15 is 0 Å². The van der Waals surface area contributed by atoms with Crippen LogP contribution in [0.2, 0.25) is 0 Å². The zero-order chi connectivity index (χ0) is 7.15. The first-order valence-corrected chi connectivity index (χ1v) is 4.58. The second-order valence-corrected chi connectivity index (χ2v) is 5.39. The van der Waals surface area contributed by atoms with E-state index in [1.807, 2.05) is 0 Å². The fourth-order valence-corrected chi connectivity index (χ4v) is 4.21. The molecule has 0 N–H and O–H groups in total. The normalized spacial score (nSPS) is 66.9. The Bertz CT molecular complexity index is 187. The maximum absolute atomic E-state index is 2.52. The highest BCUT2D eigenvalue weighted by molar-refractivity contribution is 5.27. The van der Waals surface area contributed by atoms with E-state index in [9.17, 15) is 0 Å². The lowest BCUT2D eigenvalue weighted by Gasteiger charge is -2.28. The molecule has 0 aromatic carbocycles. The summed E-state index contributed by atoms with van der Waals surface area (Å²) >= 11 is 0. The van der Waals surface area contributed by atoms with Crippen LogP contribution in [0.15, 0.2) is 0 Å². The summed E-state index contributed by atoms with van der Waals surface area (Å²) in [6.07, 6.45) is 3.13. The first-order chi connectivity index (χ1) is 4.58. The van der Waals surface area contributed by atoms with Crippen molar-refractivity contribution in [3.05, 3.63) is 0 Å². The van der Waals surface area contributed by atoms with E-state index in [-0.39, 0.29) is 0 Å². The van der Waals surface area contributed by atoms with Crippen LogP contribution in [0.5, 0.6) is 0 Å². The molecule has 0 aliphatic heterocycles. The van der Waals surface area contributed by atoms with Gasteiger partial charge in [0.1, 0.15) is 0 Å². The van der Waals surface area contributed by atoms with Gasteiger partial charge >= 0.3 is 0 Å². The quantitative estimate of drug-likeness (QED) is 0.480. The van der Waals surface area contributed by atoms with Crippen LogP contribution in [0.25, 0.3) is 0 Å². The van der Waals surface area contributed by atoms with Crippen LogP contribution in [0.1, 0.15) is 33.6 Å². The van der Waals surface area contributed by atoms with Gasteiger partial charge in [0, 0.05) is 0 Å². The Morgan fingerprint density at radius 1 is 1.00 bits per heavy atom. The lowest BCUT2D eigenvalue weighted by molar-refractivity contribution is 0.200. The van der Waals surface area contributed by atoms with Crippen molar-refractivity contribution in [3.8, 4) is 0 Å². The van der Waals surface area contributed by atoms with Gasteiger partial charge in [0.25, 0.3) is 0 Å². The summed E-state index contributed by atoms with van der Waals surface area (Å²) in [5, 5.41) is 0. The Kier molecular flexibility index (Phi) is 0.612. The highest BCUT2D eigenvalue weighted by atomic mass is 14.8. The Balaban J connectivity index is 2.17. The molecule has 0 aromatic rings. The Hall–Kier alpha value is 0. The van der Waals surface area contributed by atoms with Gasteiger partial charge in [0.2, 0.25) is 0 Å². The molecule has 4 saturated carbocycles. The van der Waals surface area contributed by atoms with Crippen LogP contribution in [-0.4, -0.2) is 0 Å². The zero-order valence-corrected chi connectivity index (χ0v) is 7.15. The minimum atomic E-state index is 0.697. The average molecular weight is 136 g/mol. The summed E-state index contributed by atoms with van der Waals surface area (Å²) in [7, 11) is 0. The monoisotopic (exact) mass is 136 g/mol. The molecule has 4 bridgehead atoms.